The van der Waals surface area contributed by atoms with Crippen LogP contribution in [0.15, 0.2) is 18.2 Å². The molecule has 3 amide bonds. The summed E-state index contributed by atoms with van der Waals surface area (Å²) in [4.78, 5) is 37.6. The fraction of sp³-hybridized carbons (Fsp3) is 0.471. The Kier molecular flexibility index (Phi) is 3.72. The summed E-state index contributed by atoms with van der Waals surface area (Å²) in [6.07, 6.45) is 2.99. The molecule has 1 aromatic carbocycles. The zero-order valence-corrected chi connectivity index (χ0v) is 13.4. The Morgan fingerprint density at radius 3 is 2.75 bits per heavy atom. The molecular weight excluding hydrogens is 308 g/mol. The minimum Gasteiger partial charge on any atom is -0.322 e. The summed E-state index contributed by atoms with van der Waals surface area (Å²) in [5.74, 6) is -0.762. The number of nitrogens with zero attached hydrogens (tertiary/aromatic N) is 2. The number of piperidine rings is 1. The van der Waals surface area contributed by atoms with Crippen molar-refractivity contribution in [2.45, 2.75) is 38.3 Å². The van der Waals surface area contributed by atoms with E-state index in [9.17, 15) is 14.4 Å². The molecule has 1 unspecified atom stereocenters. The predicted molar refractivity (Wildman–Crippen MR) is 87.1 cm³/mol. The smallest absolute Gasteiger partial charge is 0.255 e. The molecule has 0 spiro atoms. The number of hydrogen-bond donors (Lipinski definition) is 2. The lowest BCUT2D eigenvalue weighted by Crippen LogP contribution is -2.52. The average Bonchev–Trinajstić information content (AvgIpc) is 2.92. The minimum atomic E-state index is -0.556. The van der Waals surface area contributed by atoms with Gasteiger partial charge in [0.25, 0.3) is 5.91 Å². The van der Waals surface area contributed by atoms with E-state index in [1.165, 1.54) is 6.42 Å². The molecule has 0 bridgehead atoms. The fourth-order valence-electron chi connectivity index (χ4n) is 3.64. The second-order valence-corrected chi connectivity index (χ2v) is 6.51. The molecule has 126 valence electrons. The Labute approximate surface area is 140 Å². The highest BCUT2D eigenvalue weighted by molar-refractivity contribution is 6.05. The molecule has 3 aliphatic heterocycles. The van der Waals surface area contributed by atoms with Crippen LogP contribution in [-0.2, 0) is 16.1 Å². The number of amides is 3. The molecule has 1 aromatic rings. The van der Waals surface area contributed by atoms with Crippen LogP contribution in [0.25, 0.3) is 0 Å². The highest BCUT2D eigenvalue weighted by Gasteiger charge is 2.39. The first-order valence-electron chi connectivity index (χ1n) is 8.42. The molecule has 3 heterocycles. The van der Waals surface area contributed by atoms with E-state index >= 15 is 0 Å². The van der Waals surface area contributed by atoms with Crippen molar-refractivity contribution in [1.29, 1.82) is 0 Å². The number of nitrogens with one attached hydrogen (secondary N) is 2. The second-order valence-electron chi connectivity index (χ2n) is 6.51. The van der Waals surface area contributed by atoms with Crippen molar-refractivity contribution < 1.29 is 14.4 Å². The summed E-state index contributed by atoms with van der Waals surface area (Å²) in [5.41, 5.74) is 6.00. The number of imide groups is 1. The van der Waals surface area contributed by atoms with Crippen molar-refractivity contribution >= 4 is 23.4 Å². The van der Waals surface area contributed by atoms with Crippen LogP contribution >= 0.6 is 0 Å². The molecule has 4 rings (SSSR count). The Morgan fingerprint density at radius 2 is 2.00 bits per heavy atom. The number of anilines is 1. The summed E-state index contributed by atoms with van der Waals surface area (Å²) in [5, 5.41) is 4.44. The molecule has 2 saturated heterocycles. The minimum absolute atomic E-state index is 0.127. The zero-order chi connectivity index (χ0) is 16.7. The second kappa shape index (κ2) is 5.90. The van der Waals surface area contributed by atoms with E-state index in [1.54, 1.807) is 4.90 Å². The maximum Gasteiger partial charge on any atom is 0.255 e. The third-order valence-electron chi connectivity index (χ3n) is 4.93. The van der Waals surface area contributed by atoms with Gasteiger partial charge >= 0.3 is 0 Å². The van der Waals surface area contributed by atoms with E-state index in [0.29, 0.717) is 18.5 Å². The monoisotopic (exact) mass is 328 g/mol. The number of carbonyl (C=O) groups is 3. The topological polar surface area (TPSA) is 81.8 Å². The largest absolute Gasteiger partial charge is 0.322 e. The molecule has 0 radical (unpaired) electrons. The lowest BCUT2D eigenvalue weighted by atomic mass is 10.0. The molecule has 7 nitrogen and oxygen atoms in total. The zero-order valence-electron chi connectivity index (χ0n) is 13.4. The number of carbonyl (C=O) groups excluding carboxylic acids is 3. The van der Waals surface area contributed by atoms with Gasteiger partial charge in [0.15, 0.2) is 0 Å². The Bertz CT molecular complexity index is 712. The number of rotatable bonds is 2. The van der Waals surface area contributed by atoms with Crippen LogP contribution < -0.4 is 15.8 Å². The lowest BCUT2D eigenvalue weighted by molar-refractivity contribution is -0.136. The van der Waals surface area contributed by atoms with Crippen molar-refractivity contribution in [2.75, 3.05) is 18.1 Å². The number of hydrazine groups is 1. The molecule has 0 aliphatic carbocycles. The van der Waals surface area contributed by atoms with Gasteiger partial charge in [0.2, 0.25) is 11.8 Å². The maximum atomic E-state index is 12.6. The van der Waals surface area contributed by atoms with Gasteiger partial charge in [-0.15, -0.1) is 0 Å². The van der Waals surface area contributed by atoms with Gasteiger partial charge in [0.05, 0.1) is 5.69 Å². The van der Waals surface area contributed by atoms with Gasteiger partial charge in [-0.1, -0.05) is 0 Å². The van der Waals surface area contributed by atoms with Crippen LogP contribution in [0.3, 0.4) is 0 Å². The van der Waals surface area contributed by atoms with Gasteiger partial charge in [-0.2, -0.15) is 0 Å². The molecule has 3 aliphatic rings. The van der Waals surface area contributed by atoms with Crippen molar-refractivity contribution in [3.05, 3.63) is 29.3 Å². The molecule has 1 atom stereocenters. The van der Waals surface area contributed by atoms with Crippen LogP contribution in [0.5, 0.6) is 0 Å². The van der Waals surface area contributed by atoms with Crippen LogP contribution in [0.2, 0.25) is 0 Å². The van der Waals surface area contributed by atoms with E-state index in [-0.39, 0.29) is 24.1 Å². The Hall–Kier alpha value is -2.41. The highest BCUT2D eigenvalue weighted by atomic mass is 16.2. The summed E-state index contributed by atoms with van der Waals surface area (Å²) < 4.78 is 0. The molecule has 24 heavy (non-hydrogen) atoms. The van der Waals surface area contributed by atoms with Crippen LogP contribution in [0, 0.1) is 0 Å². The standard InChI is InChI=1S/C17H20N4O3/c22-15-6-5-14(16(23)19-15)20-10-11-9-12(3-4-13(11)17(20)24)21-8-2-1-7-18-21/h3-4,9,14,18H,1-2,5-8,10H2,(H,19,22,23). The van der Waals surface area contributed by atoms with E-state index in [1.807, 2.05) is 18.2 Å². The molecule has 2 N–H and O–H groups in total. The molecule has 7 heteroatoms. The van der Waals surface area contributed by atoms with E-state index in [4.69, 9.17) is 0 Å². The summed E-state index contributed by atoms with van der Waals surface area (Å²) in [6.45, 7) is 2.32. The predicted octanol–water partition coefficient (Wildman–Crippen LogP) is 0.552. The van der Waals surface area contributed by atoms with Crippen molar-refractivity contribution in [3.63, 3.8) is 0 Å². The van der Waals surface area contributed by atoms with Gasteiger partial charge in [0.1, 0.15) is 6.04 Å². The summed E-state index contributed by atoms with van der Waals surface area (Å²) in [6, 6.07) is 5.26. The number of fused-ring (bicyclic) bond motifs is 1. The maximum absolute atomic E-state index is 12.6. The third kappa shape index (κ3) is 2.54. The van der Waals surface area contributed by atoms with E-state index in [0.717, 1.165) is 30.8 Å². The molecule has 0 saturated carbocycles. The number of benzene rings is 1. The molecular formula is C17H20N4O3. The normalized spacial score (nSPS) is 24.2. The van der Waals surface area contributed by atoms with Gasteiger partial charge in [0, 0.05) is 31.6 Å². The molecule has 0 aromatic heterocycles. The van der Waals surface area contributed by atoms with Crippen molar-refractivity contribution in [3.8, 4) is 0 Å². The quantitative estimate of drug-likeness (QED) is 0.775. The summed E-state index contributed by atoms with van der Waals surface area (Å²) in [7, 11) is 0. The van der Waals surface area contributed by atoms with Crippen LogP contribution in [0.1, 0.15) is 41.6 Å². The van der Waals surface area contributed by atoms with Crippen LogP contribution in [-0.4, -0.2) is 41.8 Å². The number of hydrogen-bond acceptors (Lipinski definition) is 5. The van der Waals surface area contributed by atoms with Crippen molar-refractivity contribution in [2.24, 2.45) is 0 Å². The highest BCUT2D eigenvalue weighted by Crippen LogP contribution is 2.30. The van der Waals surface area contributed by atoms with Crippen LogP contribution in [0.4, 0.5) is 5.69 Å². The Morgan fingerprint density at radius 1 is 1.12 bits per heavy atom. The third-order valence-corrected chi connectivity index (χ3v) is 4.93. The van der Waals surface area contributed by atoms with Crippen molar-refractivity contribution in [1.82, 2.24) is 15.6 Å². The first-order chi connectivity index (χ1) is 11.6. The average molecular weight is 328 g/mol. The summed E-state index contributed by atoms with van der Waals surface area (Å²) >= 11 is 0. The van der Waals surface area contributed by atoms with Gasteiger partial charge in [-0.05, 0) is 43.0 Å². The van der Waals surface area contributed by atoms with Gasteiger partial charge < -0.3 is 9.91 Å². The first-order valence-corrected chi connectivity index (χ1v) is 8.42. The van der Waals surface area contributed by atoms with E-state index in [2.05, 4.69) is 15.8 Å². The van der Waals surface area contributed by atoms with E-state index < -0.39 is 6.04 Å². The SMILES string of the molecule is O=C1CCC(N2Cc3cc(N4CCCCN4)ccc3C2=O)C(=O)N1. The van der Waals surface area contributed by atoms with Gasteiger partial charge in [-0.3, -0.25) is 19.7 Å². The first kappa shape index (κ1) is 15.1. The Balaban J connectivity index is 1.55. The molecule has 2 fully saturated rings. The van der Waals surface area contributed by atoms with Gasteiger partial charge in [-0.25, -0.2) is 5.43 Å². The fourth-order valence-corrected chi connectivity index (χ4v) is 3.64. The lowest BCUT2D eigenvalue weighted by Gasteiger charge is -2.30.